The van der Waals surface area contributed by atoms with Gasteiger partial charge in [-0.15, -0.1) is 0 Å². The Morgan fingerprint density at radius 1 is 1.18 bits per heavy atom. The molecule has 1 atom stereocenters. The molecule has 0 bridgehead atoms. The second-order valence-electron chi connectivity index (χ2n) is 7.35. The number of hydrogen-bond donors (Lipinski definition) is 3. The van der Waals surface area contributed by atoms with Crippen LogP contribution in [0, 0.1) is 5.92 Å². The number of carbonyl (C=O) groups excluding carboxylic acids is 3. The Kier molecular flexibility index (Phi) is 10.2. The molecule has 182 valence electrons. The van der Waals surface area contributed by atoms with Crippen LogP contribution in [-0.4, -0.2) is 43.7 Å². The second-order valence-corrected chi connectivity index (χ2v) is 9.02. The summed E-state index contributed by atoms with van der Waals surface area (Å²) in [5.74, 6) is -1.21. The van der Waals surface area contributed by atoms with Crippen LogP contribution in [0.25, 0.3) is 0 Å². The van der Waals surface area contributed by atoms with E-state index in [1.807, 2.05) is 0 Å². The van der Waals surface area contributed by atoms with Gasteiger partial charge in [0.15, 0.2) is 18.1 Å². The maximum atomic E-state index is 12.7. The standard InChI is InChI=1S/C22H23BrCl2N4O5/c1-11(2)19(28-21(31)13-4-5-15(24)16(25)8-13)22(32)29-27-9-12-6-14(23)20(17(7-12)33-3)34-10-18(26)30/h4-9,11,19H,10H2,1-3H3,(H2,26,30)(H,28,31)(H,29,32). The predicted molar refractivity (Wildman–Crippen MR) is 134 cm³/mol. The summed E-state index contributed by atoms with van der Waals surface area (Å²) < 4.78 is 11.1. The average molecular weight is 574 g/mol. The van der Waals surface area contributed by atoms with Crippen LogP contribution in [0.1, 0.15) is 29.8 Å². The summed E-state index contributed by atoms with van der Waals surface area (Å²) in [5, 5.41) is 7.20. The fraction of sp³-hybridized carbons (Fsp3) is 0.273. The molecule has 0 saturated carbocycles. The number of benzene rings is 2. The number of nitrogens with one attached hydrogen (secondary N) is 2. The van der Waals surface area contributed by atoms with E-state index in [9.17, 15) is 14.4 Å². The first kappa shape index (κ1) is 27.4. The van der Waals surface area contributed by atoms with Crippen molar-refractivity contribution >= 4 is 63.1 Å². The molecule has 0 heterocycles. The minimum atomic E-state index is -0.857. The number of primary amides is 1. The van der Waals surface area contributed by atoms with Gasteiger partial charge in [-0.1, -0.05) is 37.0 Å². The normalized spacial score (nSPS) is 11.9. The Balaban J connectivity index is 2.10. The summed E-state index contributed by atoms with van der Waals surface area (Å²) in [4.78, 5) is 36.2. The number of ether oxygens (including phenoxy) is 2. The van der Waals surface area contributed by atoms with Crippen molar-refractivity contribution in [3.8, 4) is 11.5 Å². The summed E-state index contributed by atoms with van der Waals surface area (Å²) in [6.45, 7) is 3.26. The molecule has 0 aliphatic carbocycles. The number of methoxy groups -OCH3 is 1. The monoisotopic (exact) mass is 572 g/mol. The first-order chi connectivity index (χ1) is 16.0. The van der Waals surface area contributed by atoms with Crippen molar-refractivity contribution in [1.29, 1.82) is 0 Å². The molecule has 9 nitrogen and oxygen atoms in total. The van der Waals surface area contributed by atoms with E-state index in [0.29, 0.717) is 26.6 Å². The highest BCUT2D eigenvalue weighted by molar-refractivity contribution is 9.10. The lowest BCUT2D eigenvalue weighted by molar-refractivity contribution is -0.124. The molecule has 0 radical (unpaired) electrons. The Bertz CT molecular complexity index is 1110. The molecule has 3 amide bonds. The molecule has 0 aromatic heterocycles. The maximum absolute atomic E-state index is 12.7. The minimum absolute atomic E-state index is 0.224. The zero-order valence-electron chi connectivity index (χ0n) is 18.5. The van der Waals surface area contributed by atoms with E-state index in [4.69, 9.17) is 38.4 Å². The number of nitrogens with zero attached hydrogens (tertiary/aromatic N) is 1. The average Bonchev–Trinajstić information content (AvgIpc) is 2.77. The number of amides is 3. The second kappa shape index (κ2) is 12.6. The van der Waals surface area contributed by atoms with Crippen LogP contribution in [-0.2, 0) is 9.59 Å². The molecule has 2 rings (SSSR count). The Morgan fingerprint density at radius 3 is 2.47 bits per heavy atom. The molecule has 0 spiro atoms. The van der Waals surface area contributed by atoms with Crippen molar-refractivity contribution in [3.63, 3.8) is 0 Å². The molecule has 0 fully saturated rings. The first-order valence-corrected chi connectivity index (χ1v) is 11.5. The fourth-order valence-electron chi connectivity index (χ4n) is 2.73. The van der Waals surface area contributed by atoms with Gasteiger partial charge < -0.3 is 20.5 Å². The third-order valence-corrected chi connectivity index (χ3v) is 5.74. The van der Waals surface area contributed by atoms with Crippen LogP contribution in [0.2, 0.25) is 10.0 Å². The van der Waals surface area contributed by atoms with Gasteiger partial charge in [-0.05, 0) is 57.7 Å². The summed E-state index contributed by atoms with van der Waals surface area (Å²) in [6, 6.07) is 6.84. The minimum Gasteiger partial charge on any atom is -0.493 e. The number of carbonyl (C=O) groups is 3. The molecule has 0 saturated heterocycles. The van der Waals surface area contributed by atoms with Gasteiger partial charge >= 0.3 is 0 Å². The molecule has 34 heavy (non-hydrogen) atoms. The zero-order chi connectivity index (χ0) is 25.4. The molecule has 4 N–H and O–H groups in total. The third kappa shape index (κ3) is 7.61. The van der Waals surface area contributed by atoms with E-state index in [2.05, 4.69) is 31.8 Å². The highest BCUT2D eigenvalue weighted by atomic mass is 79.9. The number of nitrogens with two attached hydrogens (primary N) is 1. The van der Waals surface area contributed by atoms with Crippen LogP contribution in [0.3, 0.4) is 0 Å². The van der Waals surface area contributed by atoms with Crippen molar-refractivity contribution in [2.24, 2.45) is 16.8 Å². The van der Waals surface area contributed by atoms with Gasteiger partial charge in [0.2, 0.25) is 0 Å². The van der Waals surface area contributed by atoms with Gasteiger partial charge in [-0.2, -0.15) is 5.10 Å². The van der Waals surface area contributed by atoms with E-state index >= 15 is 0 Å². The van der Waals surface area contributed by atoms with E-state index in [-0.39, 0.29) is 23.1 Å². The highest BCUT2D eigenvalue weighted by Crippen LogP contribution is 2.36. The molecule has 0 aliphatic rings. The Hall–Kier alpha value is -2.82. The Labute approximate surface area is 215 Å². The number of rotatable bonds is 10. The molecule has 2 aromatic rings. The maximum Gasteiger partial charge on any atom is 0.262 e. The smallest absolute Gasteiger partial charge is 0.262 e. The fourth-order valence-corrected chi connectivity index (χ4v) is 3.61. The topological polar surface area (TPSA) is 132 Å². The molecule has 2 aromatic carbocycles. The molecule has 0 aliphatic heterocycles. The van der Waals surface area contributed by atoms with Crippen molar-refractivity contribution in [3.05, 3.63) is 56.0 Å². The van der Waals surface area contributed by atoms with Crippen molar-refractivity contribution in [1.82, 2.24) is 10.7 Å². The number of hydrazone groups is 1. The SMILES string of the molecule is COc1cc(C=NNC(=O)C(NC(=O)c2ccc(Cl)c(Cl)c2)C(C)C)cc(Br)c1OCC(N)=O. The lowest BCUT2D eigenvalue weighted by atomic mass is 10.0. The third-order valence-electron chi connectivity index (χ3n) is 4.42. The molecular weight excluding hydrogens is 551 g/mol. The van der Waals surface area contributed by atoms with Gasteiger partial charge in [0.1, 0.15) is 6.04 Å². The van der Waals surface area contributed by atoms with Crippen molar-refractivity contribution < 1.29 is 23.9 Å². The van der Waals surface area contributed by atoms with Crippen LogP contribution in [0.15, 0.2) is 39.9 Å². The van der Waals surface area contributed by atoms with E-state index in [0.717, 1.165) is 0 Å². The molecular formula is C22H23BrCl2N4O5. The summed E-state index contributed by atoms with van der Waals surface area (Å²) in [7, 11) is 1.44. The van der Waals surface area contributed by atoms with Crippen molar-refractivity contribution in [2.45, 2.75) is 19.9 Å². The predicted octanol–water partition coefficient (Wildman–Crippen LogP) is 3.53. The summed E-state index contributed by atoms with van der Waals surface area (Å²) >= 11 is 15.2. The van der Waals surface area contributed by atoms with Crippen LogP contribution >= 0.6 is 39.1 Å². The van der Waals surface area contributed by atoms with E-state index in [1.54, 1.807) is 26.0 Å². The van der Waals surface area contributed by atoms with Gasteiger partial charge in [-0.3, -0.25) is 14.4 Å². The highest BCUT2D eigenvalue weighted by Gasteiger charge is 2.25. The number of halogens is 3. The van der Waals surface area contributed by atoms with Gasteiger partial charge in [0, 0.05) is 5.56 Å². The molecule has 1 unspecified atom stereocenters. The lowest BCUT2D eigenvalue weighted by Crippen LogP contribution is -2.48. The summed E-state index contributed by atoms with van der Waals surface area (Å²) in [6.07, 6.45) is 1.39. The molecule has 12 heteroatoms. The largest absolute Gasteiger partial charge is 0.493 e. The zero-order valence-corrected chi connectivity index (χ0v) is 21.6. The number of hydrogen-bond acceptors (Lipinski definition) is 6. The summed E-state index contributed by atoms with van der Waals surface area (Å²) in [5.41, 5.74) is 8.37. The van der Waals surface area contributed by atoms with Crippen LogP contribution < -0.4 is 25.9 Å². The van der Waals surface area contributed by atoms with Gasteiger partial charge in [0.05, 0.1) is 27.8 Å². The first-order valence-electron chi connectivity index (χ1n) is 9.91. The van der Waals surface area contributed by atoms with Crippen LogP contribution in [0.4, 0.5) is 0 Å². The lowest BCUT2D eigenvalue weighted by Gasteiger charge is -2.20. The van der Waals surface area contributed by atoms with Crippen LogP contribution in [0.5, 0.6) is 11.5 Å². The quantitative estimate of drug-likeness (QED) is 0.295. The Morgan fingerprint density at radius 2 is 1.88 bits per heavy atom. The van der Waals surface area contributed by atoms with E-state index in [1.165, 1.54) is 31.5 Å². The van der Waals surface area contributed by atoms with E-state index < -0.39 is 23.8 Å². The van der Waals surface area contributed by atoms with Crippen molar-refractivity contribution in [2.75, 3.05) is 13.7 Å². The van der Waals surface area contributed by atoms with Gasteiger partial charge in [0.25, 0.3) is 17.7 Å². The van der Waals surface area contributed by atoms with Gasteiger partial charge in [-0.25, -0.2) is 5.43 Å².